The third-order valence-corrected chi connectivity index (χ3v) is 3.75. The number of hydrogen-bond donors (Lipinski definition) is 2. The van der Waals surface area contributed by atoms with E-state index in [1.807, 2.05) is 13.8 Å². The van der Waals surface area contributed by atoms with Crippen LogP contribution in [0.5, 0.6) is 0 Å². The highest BCUT2D eigenvalue weighted by Gasteiger charge is 2.42. The normalized spacial score (nSPS) is 14.7. The fourth-order valence-electron chi connectivity index (χ4n) is 1.81. The number of rotatable bonds is 10. The van der Waals surface area contributed by atoms with Crippen molar-refractivity contribution in [3.8, 4) is 0 Å². The fourth-order valence-corrected chi connectivity index (χ4v) is 1.81. The van der Waals surface area contributed by atoms with Gasteiger partial charge in [-0.2, -0.15) is 0 Å². The molecule has 5 nitrogen and oxygen atoms in total. The Kier molecular flexibility index (Phi) is 7.79. The van der Waals surface area contributed by atoms with Gasteiger partial charge in [-0.25, -0.2) is 0 Å². The highest BCUT2D eigenvalue weighted by atomic mass is 16.7. The number of carboxylic acids is 1. The largest absolute Gasteiger partial charge is 0.481 e. The SMILES string of the molecule is CCCCC(C)(C)C(C)(O)OC(=O)CCCCC(=O)O. The second-order valence-electron chi connectivity index (χ2n) is 6.05. The molecular formula is C15H28O5. The van der Waals surface area contributed by atoms with Crippen LogP contribution in [0.1, 0.15) is 72.6 Å². The standard InChI is InChI=1S/C15H28O5/c1-5-6-11-14(2,3)15(4,19)20-13(18)10-8-7-9-12(16)17/h19H,5-11H2,1-4H3,(H,16,17). The number of hydrogen-bond acceptors (Lipinski definition) is 4. The highest BCUT2D eigenvalue weighted by Crippen LogP contribution is 2.37. The lowest BCUT2D eigenvalue weighted by Gasteiger charge is -2.39. The maximum Gasteiger partial charge on any atom is 0.308 e. The summed E-state index contributed by atoms with van der Waals surface area (Å²) in [4.78, 5) is 22.0. The number of aliphatic carboxylic acids is 1. The molecule has 0 aromatic rings. The lowest BCUT2D eigenvalue weighted by molar-refractivity contribution is -0.246. The number of esters is 1. The van der Waals surface area contributed by atoms with E-state index in [0.29, 0.717) is 12.8 Å². The molecule has 0 aliphatic carbocycles. The van der Waals surface area contributed by atoms with Crippen molar-refractivity contribution < 1.29 is 24.5 Å². The zero-order valence-electron chi connectivity index (χ0n) is 13.1. The molecular weight excluding hydrogens is 260 g/mol. The van der Waals surface area contributed by atoms with Crippen LogP contribution in [0.15, 0.2) is 0 Å². The van der Waals surface area contributed by atoms with Crippen molar-refractivity contribution in [1.29, 1.82) is 0 Å². The lowest BCUT2D eigenvalue weighted by Crippen LogP contribution is -2.45. The van der Waals surface area contributed by atoms with Crippen molar-refractivity contribution in [2.75, 3.05) is 0 Å². The molecule has 0 aromatic heterocycles. The molecule has 0 aliphatic heterocycles. The van der Waals surface area contributed by atoms with Crippen molar-refractivity contribution in [1.82, 2.24) is 0 Å². The molecule has 20 heavy (non-hydrogen) atoms. The Labute approximate surface area is 121 Å². The van der Waals surface area contributed by atoms with Gasteiger partial charge in [0.1, 0.15) is 0 Å². The first-order chi connectivity index (χ1) is 9.12. The summed E-state index contributed by atoms with van der Waals surface area (Å²) in [6.07, 6.45) is 3.81. The van der Waals surface area contributed by atoms with Gasteiger partial charge in [-0.3, -0.25) is 9.59 Å². The quantitative estimate of drug-likeness (QED) is 0.366. The van der Waals surface area contributed by atoms with Crippen LogP contribution in [-0.4, -0.2) is 27.9 Å². The molecule has 0 radical (unpaired) electrons. The first-order valence-corrected chi connectivity index (χ1v) is 7.28. The van der Waals surface area contributed by atoms with Gasteiger partial charge in [0.05, 0.1) is 0 Å². The van der Waals surface area contributed by atoms with E-state index in [-0.39, 0.29) is 12.8 Å². The van der Waals surface area contributed by atoms with Gasteiger partial charge >= 0.3 is 11.9 Å². The summed E-state index contributed by atoms with van der Waals surface area (Å²) in [5, 5.41) is 18.8. The van der Waals surface area contributed by atoms with E-state index in [4.69, 9.17) is 9.84 Å². The van der Waals surface area contributed by atoms with E-state index in [2.05, 4.69) is 6.92 Å². The number of carboxylic acid groups (broad SMARTS) is 1. The third kappa shape index (κ3) is 6.89. The van der Waals surface area contributed by atoms with Gasteiger partial charge in [-0.05, 0) is 19.3 Å². The molecule has 0 aromatic carbocycles. The van der Waals surface area contributed by atoms with Crippen LogP contribution < -0.4 is 0 Å². The Balaban J connectivity index is 4.23. The summed E-state index contributed by atoms with van der Waals surface area (Å²) in [5.41, 5.74) is -0.514. The van der Waals surface area contributed by atoms with Crippen LogP contribution >= 0.6 is 0 Å². The molecule has 0 spiro atoms. The summed E-state index contributed by atoms with van der Waals surface area (Å²) in [6, 6.07) is 0. The maximum absolute atomic E-state index is 11.7. The summed E-state index contributed by atoms with van der Waals surface area (Å²) in [5.74, 6) is -2.86. The van der Waals surface area contributed by atoms with Crippen LogP contribution in [0, 0.1) is 5.41 Å². The smallest absolute Gasteiger partial charge is 0.308 e. The molecule has 0 saturated heterocycles. The molecule has 2 N–H and O–H groups in total. The number of aliphatic hydroxyl groups is 1. The summed E-state index contributed by atoms with van der Waals surface area (Å²) >= 11 is 0. The molecule has 1 unspecified atom stereocenters. The van der Waals surface area contributed by atoms with Gasteiger partial charge in [0.2, 0.25) is 5.79 Å². The minimum atomic E-state index is -1.51. The fraction of sp³-hybridized carbons (Fsp3) is 0.867. The molecule has 1 atom stereocenters. The van der Waals surface area contributed by atoms with Gasteiger partial charge in [-0.1, -0.05) is 33.6 Å². The summed E-state index contributed by atoms with van der Waals surface area (Å²) in [7, 11) is 0. The molecule has 0 bridgehead atoms. The average molecular weight is 288 g/mol. The molecule has 5 heteroatoms. The molecule has 0 heterocycles. The summed E-state index contributed by atoms with van der Waals surface area (Å²) < 4.78 is 5.18. The van der Waals surface area contributed by atoms with Crippen molar-refractivity contribution in [2.24, 2.45) is 5.41 Å². The van der Waals surface area contributed by atoms with Gasteiger partial charge in [-0.15, -0.1) is 0 Å². The molecule has 0 amide bonds. The Morgan fingerprint density at radius 1 is 1.05 bits per heavy atom. The maximum atomic E-state index is 11.7. The molecule has 0 rings (SSSR count). The predicted octanol–water partition coefficient (Wildman–Crippen LogP) is 3.10. The average Bonchev–Trinajstić information content (AvgIpc) is 2.31. The monoisotopic (exact) mass is 288 g/mol. The zero-order valence-corrected chi connectivity index (χ0v) is 13.1. The predicted molar refractivity (Wildman–Crippen MR) is 76.1 cm³/mol. The second kappa shape index (κ2) is 8.25. The Morgan fingerprint density at radius 3 is 2.10 bits per heavy atom. The van der Waals surface area contributed by atoms with Gasteiger partial charge in [0, 0.05) is 25.2 Å². The van der Waals surface area contributed by atoms with E-state index < -0.39 is 23.1 Å². The van der Waals surface area contributed by atoms with Crippen molar-refractivity contribution in [2.45, 2.75) is 78.4 Å². The van der Waals surface area contributed by atoms with E-state index >= 15 is 0 Å². The van der Waals surface area contributed by atoms with E-state index in [1.165, 1.54) is 6.92 Å². The van der Waals surface area contributed by atoms with Crippen molar-refractivity contribution in [3.63, 3.8) is 0 Å². The Bertz CT molecular complexity index is 320. The van der Waals surface area contributed by atoms with E-state index in [0.717, 1.165) is 19.3 Å². The molecule has 0 saturated carbocycles. The Morgan fingerprint density at radius 2 is 1.60 bits per heavy atom. The third-order valence-electron chi connectivity index (χ3n) is 3.75. The number of ether oxygens (including phenoxy) is 1. The highest BCUT2D eigenvalue weighted by molar-refractivity contribution is 5.70. The number of unbranched alkanes of at least 4 members (excludes halogenated alkanes) is 2. The summed E-state index contributed by atoms with van der Waals surface area (Å²) in [6.45, 7) is 7.33. The molecule has 118 valence electrons. The Hall–Kier alpha value is -1.10. The van der Waals surface area contributed by atoms with Crippen LogP contribution in [0.2, 0.25) is 0 Å². The van der Waals surface area contributed by atoms with E-state index in [9.17, 15) is 14.7 Å². The van der Waals surface area contributed by atoms with Gasteiger partial charge < -0.3 is 14.9 Å². The zero-order chi connectivity index (χ0) is 15.8. The van der Waals surface area contributed by atoms with E-state index in [1.54, 1.807) is 0 Å². The molecule has 0 aliphatic rings. The topological polar surface area (TPSA) is 83.8 Å². The van der Waals surface area contributed by atoms with Gasteiger partial charge in [0.15, 0.2) is 0 Å². The first-order valence-electron chi connectivity index (χ1n) is 7.28. The lowest BCUT2D eigenvalue weighted by atomic mass is 9.79. The van der Waals surface area contributed by atoms with Crippen LogP contribution in [0.4, 0.5) is 0 Å². The van der Waals surface area contributed by atoms with Crippen molar-refractivity contribution in [3.05, 3.63) is 0 Å². The minimum absolute atomic E-state index is 0.0473. The van der Waals surface area contributed by atoms with Crippen LogP contribution in [-0.2, 0) is 14.3 Å². The number of carbonyl (C=O) groups is 2. The van der Waals surface area contributed by atoms with Crippen LogP contribution in [0.25, 0.3) is 0 Å². The van der Waals surface area contributed by atoms with Gasteiger partial charge in [0.25, 0.3) is 0 Å². The second-order valence-corrected chi connectivity index (χ2v) is 6.05. The molecule has 0 fully saturated rings. The first kappa shape index (κ1) is 18.9. The number of carbonyl (C=O) groups excluding carboxylic acids is 1. The van der Waals surface area contributed by atoms with Crippen LogP contribution in [0.3, 0.4) is 0 Å². The minimum Gasteiger partial charge on any atom is -0.481 e. The van der Waals surface area contributed by atoms with Crippen molar-refractivity contribution >= 4 is 11.9 Å².